The third kappa shape index (κ3) is 3.77. The van der Waals surface area contributed by atoms with Crippen LogP contribution in [0.2, 0.25) is 0 Å². The van der Waals surface area contributed by atoms with Crippen molar-refractivity contribution in [2.45, 2.75) is 11.4 Å². The molecule has 0 fully saturated rings. The molecule has 3 aromatic rings. The number of carbonyl (C=O) groups is 1. The van der Waals surface area contributed by atoms with Crippen LogP contribution in [0.15, 0.2) is 46.3 Å². The van der Waals surface area contributed by atoms with E-state index in [1.165, 1.54) is 17.4 Å². The Bertz CT molecular complexity index is 1340. The zero-order valence-corrected chi connectivity index (χ0v) is 17.0. The Morgan fingerprint density at radius 2 is 1.97 bits per heavy atom. The quantitative estimate of drug-likeness (QED) is 0.597. The van der Waals surface area contributed by atoms with Gasteiger partial charge in [0.05, 0.1) is 21.7 Å². The summed E-state index contributed by atoms with van der Waals surface area (Å²) in [5.74, 6) is 3.18. The summed E-state index contributed by atoms with van der Waals surface area (Å²) in [5, 5.41) is 0. The molecule has 4 rings (SSSR count). The molecular formula is C20H16N2O5S2. The van der Waals surface area contributed by atoms with Crippen molar-refractivity contribution in [2.24, 2.45) is 4.99 Å². The van der Waals surface area contributed by atoms with Crippen molar-refractivity contribution in [3.63, 3.8) is 0 Å². The van der Waals surface area contributed by atoms with Gasteiger partial charge in [-0.15, -0.1) is 6.42 Å². The summed E-state index contributed by atoms with van der Waals surface area (Å²) in [4.78, 5) is 17.6. The van der Waals surface area contributed by atoms with Crippen molar-refractivity contribution in [1.29, 1.82) is 0 Å². The van der Waals surface area contributed by atoms with Crippen LogP contribution in [0.1, 0.15) is 10.4 Å². The lowest BCUT2D eigenvalue weighted by atomic mass is 10.2. The van der Waals surface area contributed by atoms with Gasteiger partial charge in [-0.05, 0) is 36.4 Å². The van der Waals surface area contributed by atoms with Gasteiger partial charge in [-0.2, -0.15) is 4.99 Å². The standard InChI is InChI=1S/C20H16N2O5S2/c1-3-8-22-15-6-5-14(29(2,24)25)12-18(15)28-20(22)21-19(23)13-4-7-16-17(11-13)27-10-9-26-16/h1,4-7,11-12H,8-10H2,2H3. The summed E-state index contributed by atoms with van der Waals surface area (Å²) < 4.78 is 37.0. The van der Waals surface area contributed by atoms with Gasteiger partial charge in [-0.3, -0.25) is 4.79 Å². The van der Waals surface area contributed by atoms with Crippen molar-refractivity contribution in [3.05, 3.63) is 46.8 Å². The van der Waals surface area contributed by atoms with Crippen LogP contribution in [0, 0.1) is 12.3 Å². The summed E-state index contributed by atoms with van der Waals surface area (Å²) in [5.41, 5.74) is 1.07. The minimum absolute atomic E-state index is 0.198. The van der Waals surface area contributed by atoms with Crippen molar-refractivity contribution >= 4 is 37.3 Å². The molecule has 1 aliphatic rings. The Hall–Kier alpha value is -3.09. The van der Waals surface area contributed by atoms with E-state index in [0.717, 1.165) is 6.26 Å². The number of carbonyl (C=O) groups excluding carboxylic acids is 1. The second-order valence-corrected chi connectivity index (χ2v) is 9.38. The van der Waals surface area contributed by atoms with Gasteiger partial charge in [-0.25, -0.2) is 8.42 Å². The van der Waals surface area contributed by atoms with Gasteiger partial charge in [0.2, 0.25) is 0 Å². The molecule has 1 amide bonds. The smallest absolute Gasteiger partial charge is 0.279 e. The highest BCUT2D eigenvalue weighted by Gasteiger charge is 2.16. The summed E-state index contributed by atoms with van der Waals surface area (Å²) in [7, 11) is -3.35. The first-order valence-electron chi connectivity index (χ1n) is 8.62. The van der Waals surface area contributed by atoms with Gasteiger partial charge >= 0.3 is 0 Å². The maximum atomic E-state index is 12.7. The molecule has 0 unspecified atom stereocenters. The van der Waals surface area contributed by atoms with E-state index >= 15 is 0 Å². The maximum absolute atomic E-state index is 12.7. The lowest BCUT2D eigenvalue weighted by molar-refractivity contribution is 0.0996. The molecule has 0 aliphatic carbocycles. The number of benzene rings is 2. The van der Waals surface area contributed by atoms with Gasteiger partial charge < -0.3 is 14.0 Å². The van der Waals surface area contributed by atoms with Gasteiger partial charge in [0.1, 0.15) is 13.2 Å². The summed E-state index contributed by atoms with van der Waals surface area (Å²) >= 11 is 1.21. The number of hydrogen-bond acceptors (Lipinski definition) is 6. The van der Waals surface area contributed by atoms with E-state index in [9.17, 15) is 13.2 Å². The van der Waals surface area contributed by atoms with E-state index in [4.69, 9.17) is 15.9 Å². The Balaban J connectivity index is 1.81. The summed E-state index contributed by atoms with van der Waals surface area (Å²) in [6.45, 7) is 1.09. The lowest BCUT2D eigenvalue weighted by Gasteiger charge is -2.18. The molecule has 0 saturated heterocycles. The number of fused-ring (bicyclic) bond motifs is 2. The van der Waals surface area contributed by atoms with Crippen molar-refractivity contribution in [3.8, 4) is 23.8 Å². The molecule has 9 heteroatoms. The maximum Gasteiger partial charge on any atom is 0.279 e. The SMILES string of the molecule is C#CCn1c(=NC(=O)c2ccc3c(c2)OCCO3)sc2cc(S(C)(=O)=O)ccc21. The van der Waals surface area contributed by atoms with E-state index in [0.29, 0.717) is 45.3 Å². The number of ether oxygens (including phenoxy) is 2. The van der Waals surface area contributed by atoms with E-state index in [1.807, 2.05) is 0 Å². The summed E-state index contributed by atoms with van der Waals surface area (Å²) in [6.07, 6.45) is 6.62. The molecule has 0 N–H and O–H groups in total. The largest absolute Gasteiger partial charge is 0.486 e. The van der Waals surface area contributed by atoms with E-state index in [-0.39, 0.29) is 11.4 Å². The third-order valence-electron chi connectivity index (χ3n) is 4.32. The van der Waals surface area contributed by atoms with E-state index < -0.39 is 15.7 Å². The first-order valence-corrected chi connectivity index (χ1v) is 11.3. The highest BCUT2D eigenvalue weighted by atomic mass is 32.2. The fraction of sp³-hybridized carbons (Fsp3) is 0.200. The minimum Gasteiger partial charge on any atom is -0.486 e. The highest BCUT2D eigenvalue weighted by Crippen LogP contribution is 2.31. The van der Waals surface area contributed by atoms with Crippen LogP contribution in [-0.4, -0.2) is 38.4 Å². The van der Waals surface area contributed by atoms with Crippen LogP contribution >= 0.6 is 11.3 Å². The molecule has 1 aliphatic heterocycles. The van der Waals surface area contributed by atoms with Crippen molar-refractivity contribution < 1.29 is 22.7 Å². The van der Waals surface area contributed by atoms with Crippen molar-refractivity contribution in [1.82, 2.24) is 4.57 Å². The molecule has 7 nitrogen and oxygen atoms in total. The molecule has 2 heterocycles. The second kappa shape index (κ2) is 7.39. The molecule has 0 spiro atoms. The number of rotatable bonds is 3. The van der Waals surface area contributed by atoms with Gasteiger partial charge in [0, 0.05) is 11.8 Å². The van der Waals surface area contributed by atoms with Crippen molar-refractivity contribution in [2.75, 3.05) is 19.5 Å². The van der Waals surface area contributed by atoms with E-state index in [1.54, 1.807) is 34.9 Å². The highest BCUT2D eigenvalue weighted by molar-refractivity contribution is 7.90. The van der Waals surface area contributed by atoms with Crippen LogP contribution in [0.3, 0.4) is 0 Å². The first kappa shape index (κ1) is 19.2. The van der Waals surface area contributed by atoms with Crippen LogP contribution in [0.4, 0.5) is 0 Å². The molecule has 2 aromatic carbocycles. The number of nitrogens with zero attached hydrogens (tertiary/aromatic N) is 2. The van der Waals surface area contributed by atoms with Crippen LogP contribution in [-0.2, 0) is 16.4 Å². The molecule has 0 saturated carbocycles. The fourth-order valence-corrected chi connectivity index (χ4v) is 4.73. The van der Waals surface area contributed by atoms with Gasteiger partial charge in [0.15, 0.2) is 26.1 Å². The zero-order chi connectivity index (χ0) is 20.6. The number of thiazole rings is 1. The number of amides is 1. The Labute approximate surface area is 171 Å². The van der Waals surface area contributed by atoms with E-state index in [2.05, 4.69) is 10.9 Å². The fourth-order valence-electron chi connectivity index (χ4n) is 2.94. The molecule has 29 heavy (non-hydrogen) atoms. The Morgan fingerprint density at radius 3 is 2.69 bits per heavy atom. The van der Waals surface area contributed by atoms with Crippen LogP contribution < -0.4 is 14.3 Å². The minimum atomic E-state index is -3.35. The van der Waals surface area contributed by atoms with Crippen LogP contribution in [0.25, 0.3) is 10.2 Å². The molecule has 148 valence electrons. The topological polar surface area (TPSA) is 87.0 Å². The first-order chi connectivity index (χ1) is 13.9. The number of sulfone groups is 1. The number of aromatic nitrogens is 1. The normalized spacial score (nSPS) is 14.0. The predicted molar refractivity (Wildman–Crippen MR) is 109 cm³/mol. The lowest BCUT2D eigenvalue weighted by Crippen LogP contribution is -2.17. The second-order valence-electron chi connectivity index (χ2n) is 6.35. The predicted octanol–water partition coefficient (Wildman–Crippen LogP) is 2.25. The zero-order valence-electron chi connectivity index (χ0n) is 15.4. The Morgan fingerprint density at radius 1 is 1.21 bits per heavy atom. The van der Waals surface area contributed by atoms with Crippen LogP contribution in [0.5, 0.6) is 11.5 Å². The third-order valence-corrected chi connectivity index (χ3v) is 6.47. The molecule has 0 radical (unpaired) electrons. The molecule has 0 atom stereocenters. The average Bonchev–Trinajstić information content (AvgIpc) is 3.03. The molecular weight excluding hydrogens is 412 g/mol. The number of hydrogen-bond donors (Lipinski definition) is 0. The average molecular weight is 428 g/mol. The monoisotopic (exact) mass is 428 g/mol. The molecule has 0 bridgehead atoms. The summed E-state index contributed by atoms with van der Waals surface area (Å²) in [6, 6.07) is 9.66. The van der Waals surface area contributed by atoms with Gasteiger partial charge in [-0.1, -0.05) is 17.3 Å². The Kier molecular flexibility index (Phi) is 4.90. The molecule has 1 aromatic heterocycles. The van der Waals surface area contributed by atoms with Gasteiger partial charge in [0.25, 0.3) is 5.91 Å². The number of terminal acetylenes is 1.